The van der Waals surface area contributed by atoms with E-state index < -0.39 is 29.6 Å². The van der Waals surface area contributed by atoms with Crippen LogP contribution in [-0.4, -0.2) is 43.8 Å². The molecule has 2 heterocycles. The SMILES string of the molecule is Cn1c(=O)cc(Nc2ccc(I)cc2F)c2c(=O)n(OC[C@@H](O)CO)cnc21. The second-order valence-corrected chi connectivity index (χ2v) is 7.16. The molecule has 148 valence electrons. The lowest BCUT2D eigenvalue weighted by molar-refractivity contribution is -0.00415. The largest absolute Gasteiger partial charge is 0.406 e. The van der Waals surface area contributed by atoms with Crippen molar-refractivity contribution in [2.24, 2.45) is 7.05 Å². The minimum atomic E-state index is -1.18. The quantitative estimate of drug-likeness (QED) is 0.417. The molecule has 11 heteroatoms. The Morgan fingerprint density at radius 2 is 2.07 bits per heavy atom. The van der Waals surface area contributed by atoms with E-state index in [1.54, 1.807) is 6.07 Å². The zero-order valence-corrected chi connectivity index (χ0v) is 16.8. The Bertz CT molecular complexity index is 1150. The van der Waals surface area contributed by atoms with Crippen molar-refractivity contribution in [1.82, 2.24) is 14.3 Å². The first-order valence-electron chi connectivity index (χ1n) is 8.07. The number of pyridine rings is 1. The molecule has 0 saturated carbocycles. The maximum Gasteiger partial charge on any atom is 0.297 e. The van der Waals surface area contributed by atoms with Crippen molar-refractivity contribution in [2.45, 2.75) is 6.10 Å². The van der Waals surface area contributed by atoms with Crippen LogP contribution in [0.15, 0.2) is 40.2 Å². The molecule has 0 unspecified atom stereocenters. The molecule has 0 bridgehead atoms. The third-order valence-electron chi connectivity index (χ3n) is 3.93. The number of nitrogens with zero attached hydrogens (tertiary/aromatic N) is 3. The molecule has 0 saturated heterocycles. The van der Waals surface area contributed by atoms with Crippen LogP contribution in [0, 0.1) is 9.39 Å². The fourth-order valence-corrected chi connectivity index (χ4v) is 2.92. The molecule has 28 heavy (non-hydrogen) atoms. The van der Waals surface area contributed by atoms with E-state index in [9.17, 15) is 19.1 Å². The number of anilines is 2. The van der Waals surface area contributed by atoms with E-state index in [2.05, 4.69) is 10.3 Å². The van der Waals surface area contributed by atoms with Crippen molar-refractivity contribution in [2.75, 3.05) is 18.5 Å². The predicted molar refractivity (Wildman–Crippen MR) is 108 cm³/mol. The molecule has 0 aliphatic rings. The molecule has 0 radical (unpaired) electrons. The van der Waals surface area contributed by atoms with Gasteiger partial charge < -0.3 is 20.4 Å². The molecule has 0 aliphatic carbocycles. The maximum absolute atomic E-state index is 14.2. The molecule has 2 aromatic heterocycles. The summed E-state index contributed by atoms with van der Waals surface area (Å²) in [6.45, 7) is -0.882. The van der Waals surface area contributed by atoms with Crippen LogP contribution in [0.3, 0.4) is 0 Å². The lowest BCUT2D eigenvalue weighted by Crippen LogP contribution is -2.34. The summed E-state index contributed by atoms with van der Waals surface area (Å²) in [5, 5.41) is 21.0. The summed E-state index contributed by atoms with van der Waals surface area (Å²) in [4.78, 5) is 34.3. The highest BCUT2D eigenvalue weighted by Gasteiger charge is 2.16. The Hall–Kier alpha value is -2.51. The molecule has 1 aromatic carbocycles. The summed E-state index contributed by atoms with van der Waals surface area (Å²) in [6, 6.07) is 5.63. The van der Waals surface area contributed by atoms with Gasteiger partial charge in [0.15, 0.2) is 5.65 Å². The topological polar surface area (TPSA) is 119 Å². The average molecular weight is 502 g/mol. The standard InChI is InChI=1S/C17H16FIN4O5/c1-22-14(26)5-13(21-12-3-2-9(19)4-11(12)18)15-16(22)20-8-23(17(15)27)28-7-10(25)6-24/h2-5,8,10,21,24-25H,6-7H2,1H3/t10-/m0/s1. The van der Waals surface area contributed by atoms with Gasteiger partial charge in [0.25, 0.3) is 11.1 Å². The van der Waals surface area contributed by atoms with Gasteiger partial charge in [-0.3, -0.25) is 14.2 Å². The lowest BCUT2D eigenvalue weighted by Gasteiger charge is -2.15. The molecule has 1 atom stereocenters. The van der Waals surface area contributed by atoms with E-state index in [4.69, 9.17) is 9.94 Å². The van der Waals surface area contributed by atoms with Gasteiger partial charge in [0, 0.05) is 16.7 Å². The Kier molecular flexibility index (Phi) is 5.96. The number of aliphatic hydroxyl groups is 2. The van der Waals surface area contributed by atoms with Gasteiger partial charge in [-0.25, -0.2) is 9.37 Å². The van der Waals surface area contributed by atoms with Gasteiger partial charge in [-0.1, -0.05) is 0 Å². The molecular formula is C17H16FIN4O5. The Morgan fingerprint density at radius 1 is 1.32 bits per heavy atom. The van der Waals surface area contributed by atoms with Crippen LogP contribution in [-0.2, 0) is 7.05 Å². The highest BCUT2D eigenvalue weighted by Crippen LogP contribution is 2.24. The molecule has 3 N–H and O–H groups in total. The number of nitrogens with one attached hydrogen (secondary N) is 1. The number of aromatic nitrogens is 3. The van der Waals surface area contributed by atoms with Gasteiger partial charge in [0.2, 0.25) is 0 Å². The van der Waals surface area contributed by atoms with Crippen molar-refractivity contribution in [1.29, 1.82) is 0 Å². The summed E-state index contributed by atoms with van der Waals surface area (Å²) in [6.07, 6.45) is -0.120. The van der Waals surface area contributed by atoms with Crippen molar-refractivity contribution in [3.05, 3.63) is 60.7 Å². The summed E-state index contributed by atoms with van der Waals surface area (Å²) >= 11 is 1.96. The number of halogens is 2. The van der Waals surface area contributed by atoms with Crippen LogP contribution in [0.4, 0.5) is 15.8 Å². The number of fused-ring (bicyclic) bond motifs is 1. The molecule has 3 aromatic rings. The Balaban J connectivity index is 2.14. The van der Waals surface area contributed by atoms with Crippen molar-refractivity contribution in [3.63, 3.8) is 0 Å². The van der Waals surface area contributed by atoms with Crippen LogP contribution in [0.2, 0.25) is 0 Å². The number of benzene rings is 1. The molecule has 0 fully saturated rings. The Morgan fingerprint density at radius 3 is 2.75 bits per heavy atom. The minimum absolute atomic E-state index is 0.000961. The number of hydrogen-bond donors (Lipinski definition) is 3. The van der Waals surface area contributed by atoms with Crippen LogP contribution in [0.1, 0.15) is 0 Å². The average Bonchev–Trinajstić information content (AvgIpc) is 2.66. The first-order valence-corrected chi connectivity index (χ1v) is 9.15. The van der Waals surface area contributed by atoms with Gasteiger partial charge in [0.05, 0.1) is 18.0 Å². The third-order valence-corrected chi connectivity index (χ3v) is 4.60. The summed E-state index contributed by atoms with van der Waals surface area (Å²) < 4.78 is 16.9. The number of hydrogen-bond acceptors (Lipinski definition) is 7. The highest BCUT2D eigenvalue weighted by molar-refractivity contribution is 14.1. The fraction of sp³-hybridized carbons (Fsp3) is 0.235. The number of aliphatic hydroxyl groups excluding tert-OH is 2. The Labute approximate surface area is 171 Å². The zero-order chi connectivity index (χ0) is 20.4. The lowest BCUT2D eigenvalue weighted by atomic mass is 10.2. The monoisotopic (exact) mass is 502 g/mol. The van der Waals surface area contributed by atoms with E-state index >= 15 is 0 Å². The van der Waals surface area contributed by atoms with Gasteiger partial charge in [-0.15, -0.1) is 4.73 Å². The van der Waals surface area contributed by atoms with Gasteiger partial charge in [0.1, 0.15) is 30.2 Å². The molecule has 0 aliphatic heterocycles. The summed E-state index contributed by atoms with van der Waals surface area (Å²) in [7, 11) is 1.45. The van der Waals surface area contributed by atoms with E-state index in [-0.39, 0.29) is 29.0 Å². The zero-order valence-electron chi connectivity index (χ0n) is 14.6. The van der Waals surface area contributed by atoms with Gasteiger partial charge in [-0.2, -0.15) is 0 Å². The predicted octanol–water partition coefficient (Wildman–Crippen LogP) is 0.364. The molecular weight excluding hydrogens is 486 g/mol. The van der Waals surface area contributed by atoms with Gasteiger partial charge in [-0.05, 0) is 40.8 Å². The van der Waals surface area contributed by atoms with Crippen molar-refractivity contribution < 1.29 is 19.4 Å². The summed E-state index contributed by atoms with van der Waals surface area (Å²) in [5.74, 6) is -0.549. The second kappa shape index (κ2) is 8.24. The first kappa shape index (κ1) is 20.2. The van der Waals surface area contributed by atoms with E-state index in [0.29, 0.717) is 3.57 Å². The van der Waals surface area contributed by atoms with E-state index in [1.165, 1.54) is 23.7 Å². The molecule has 0 amide bonds. The number of rotatable bonds is 6. The van der Waals surface area contributed by atoms with Crippen LogP contribution in [0.25, 0.3) is 11.0 Å². The van der Waals surface area contributed by atoms with Crippen LogP contribution < -0.4 is 21.3 Å². The van der Waals surface area contributed by atoms with Crippen LogP contribution >= 0.6 is 22.6 Å². The summed E-state index contributed by atoms with van der Waals surface area (Å²) in [5.41, 5.74) is -0.882. The second-order valence-electron chi connectivity index (χ2n) is 5.91. The van der Waals surface area contributed by atoms with Crippen LogP contribution in [0.5, 0.6) is 0 Å². The fourth-order valence-electron chi connectivity index (χ4n) is 2.46. The van der Waals surface area contributed by atoms with Gasteiger partial charge >= 0.3 is 0 Å². The molecule has 3 rings (SSSR count). The molecule has 0 spiro atoms. The maximum atomic E-state index is 14.2. The molecule has 9 nitrogen and oxygen atoms in total. The first-order chi connectivity index (χ1) is 13.3. The van der Waals surface area contributed by atoms with Crippen molar-refractivity contribution >= 4 is 45.0 Å². The highest BCUT2D eigenvalue weighted by atomic mass is 127. The number of aryl methyl sites for hydroxylation is 1. The smallest absolute Gasteiger partial charge is 0.297 e. The van der Waals surface area contributed by atoms with E-state index in [0.717, 1.165) is 17.1 Å². The van der Waals surface area contributed by atoms with Crippen molar-refractivity contribution in [3.8, 4) is 0 Å². The normalized spacial score (nSPS) is 12.2. The minimum Gasteiger partial charge on any atom is -0.406 e. The van der Waals surface area contributed by atoms with E-state index in [1.807, 2.05) is 22.6 Å². The third kappa shape index (κ3) is 4.00.